The van der Waals surface area contributed by atoms with E-state index in [1.54, 1.807) is 6.92 Å². The Kier molecular flexibility index (Phi) is 4.99. The van der Waals surface area contributed by atoms with Gasteiger partial charge in [-0.15, -0.1) is 0 Å². The second-order valence-electron chi connectivity index (χ2n) is 6.04. The van der Waals surface area contributed by atoms with E-state index in [2.05, 4.69) is 10.5 Å². The molecule has 1 aliphatic rings. The fourth-order valence-electron chi connectivity index (χ4n) is 2.80. The van der Waals surface area contributed by atoms with E-state index in [0.717, 1.165) is 12.1 Å². The smallest absolute Gasteiger partial charge is 0.381 e. The molecule has 0 atom stereocenters. The molecule has 0 saturated carbocycles. The van der Waals surface area contributed by atoms with Crippen molar-refractivity contribution < 1.29 is 31.6 Å². The van der Waals surface area contributed by atoms with E-state index in [-0.39, 0.29) is 23.1 Å². The lowest BCUT2D eigenvalue weighted by Gasteiger charge is -2.22. The van der Waals surface area contributed by atoms with Gasteiger partial charge >= 0.3 is 6.18 Å². The van der Waals surface area contributed by atoms with Gasteiger partial charge in [-0.2, -0.15) is 13.2 Å². The largest absolute Gasteiger partial charge is 0.419 e. The van der Waals surface area contributed by atoms with E-state index in [1.807, 2.05) is 0 Å². The number of ether oxygens (including phenoxy) is 1. The summed E-state index contributed by atoms with van der Waals surface area (Å²) in [5.74, 6) is -1.81. The Morgan fingerprint density at radius 3 is 2.58 bits per heavy atom. The molecular weight excluding hydrogens is 356 g/mol. The van der Waals surface area contributed by atoms with Crippen molar-refractivity contribution in [2.24, 2.45) is 0 Å². The Morgan fingerprint density at radius 1 is 1.27 bits per heavy atom. The molecular formula is C17H16F4N2O3. The number of carbonyl (C=O) groups is 1. The molecule has 1 fully saturated rings. The number of amides is 1. The Hall–Kier alpha value is -2.42. The second kappa shape index (κ2) is 7.06. The van der Waals surface area contributed by atoms with Crippen LogP contribution in [0.4, 0.5) is 17.6 Å². The number of hydrogen-bond acceptors (Lipinski definition) is 4. The number of nitrogens with one attached hydrogen (secondary N) is 1. The van der Waals surface area contributed by atoms with Crippen LogP contribution in [0.15, 0.2) is 22.7 Å². The van der Waals surface area contributed by atoms with E-state index >= 15 is 0 Å². The lowest BCUT2D eigenvalue weighted by atomic mass is 10.0. The van der Waals surface area contributed by atoms with Gasteiger partial charge in [0.15, 0.2) is 11.5 Å². The maximum atomic E-state index is 13.8. The summed E-state index contributed by atoms with van der Waals surface area (Å²) in [5, 5.41) is 6.51. The maximum absolute atomic E-state index is 13.8. The molecule has 1 aromatic carbocycles. The first-order valence-corrected chi connectivity index (χ1v) is 7.99. The van der Waals surface area contributed by atoms with Crippen molar-refractivity contribution in [2.45, 2.75) is 32.0 Å². The van der Waals surface area contributed by atoms with Crippen LogP contribution in [-0.4, -0.2) is 30.3 Å². The van der Waals surface area contributed by atoms with Crippen molar-refractivity contribution in [1.82, 2.24) is 10.5 Å². The topological polar surface area (TPSA) is 64.4 Å². The average Bonchev–Trinajstić information content (AvgIpc) is 2.96. The van der Waals surface area contributed by atoms with Crippen LogP contribution < -0.4 is 5.32 Å². The molecule has 1 N–H and O–H groups in total. The molecule has 9 heteroatoms. The van der Waals surface area contributed by atoms with Crippen molar-refractivity contribution in [3.8, 4) is 11.3 Å². The molecule has 1 amide bonds. The normalized spacial score (nSPS) is 15.9. The van der Waals surface area contributed by atoms with Crippen molar-refractivity contribution >= 4 is 5.91 Å². The van der Waals surface area contributed by atoms with Crippen molar-refractivity contribution in [1.29, 1.82) is 0 Å². The highest BCUT2D eigenvalue weighted by Crippen LogP contribution is 2.34. The van der Waals surface area contributed by atoms with E-state index in [4.69, 9.17) is 9.26 Å². The zero-order valence-corrected chi connectivity index (χ0v) is 13.8. The average molecular weight is 372 g/mol. The number of alkyl halides is 3. The summed E-state index contributed by atoms with van der Waals surface area (Å²) < 4.78 is 62.0. The summed E-state index contributed by atoms with van der Waals surface area (Å²) in [6.07, 6.45) is -3.42. The molecule has 2 heterocycles. The molecule has 3 rings (SSSR count). The fraction of sp³-hybridized carbons (Fsp3) is 0.412. The predicted octanol–water partition coefficient (Wildman–Crippen LogP) is 3.72. The zero-order valence-electron chi connectivity index (χ0n) is 13.8. The van der Waals surface area contributed by atoms with E-state index in [0.29, 0.717) is 37.7 Å². The van der Waals surface area contributed by atoms with Crippen LogP contribution in [0.2, 0.25) is 0 Å². The van der Waals surface area contributed by atoms with Crippen LogP contribution in [0.25, 0.3) is 11.3 Å². The summed E-state index contributed by atoms with van der Waals surface area (Å²) in [7, 11) is 0. The molecule has 140 valence electrons. The number of benzene rings is 1. The molecule has 0 aliphatic carbocycles. The summed E-state index contributed by atoms with van der Waals surface area (Å²) in [5.41, 5.74) is -0.943. The molecule has 0 bridgehead atoms. The zero-order chi connectivity index (χ0) is 18.9. The molecule has 0 unspecified atom stereocenters. The summed E-state index contributed by atoms with van der Waals surface area (Å²) in [6.45, 7) is 2.65. The Bertz CT molecular complexity index is 811. The molecule has 5 nitrogen and oxygen atoms in total. The number of aromatic nitrogens is 1. The van der Waals surface area contributed by atoms with E-state index in [9.17, 15) is 22.4 Å². The van der Waals surface area contributed by atoms with Gasteiger partial charge in [0.25, 0.3) is 5.91 Å². The van der Waals surface area contributed by atoms with Gasteiger partial charge in [-0.1, -0.05) is 11.2 Å². The van der Waals surface area contributed by atoms with Crippen LogP contribution >= 0.6 is 0 Å². The first-order chi connectivity index (χ1) is 12.3. The minimum absolute atomic E-state index is 0.0202. The molecule has 1 saturated heterocycles. The van der Waals surface area contributed by atoms with Crippen molar-refractivity contribution in [3.63, 3.8) is 0 Å². The second-order valence-corrected chi connectivity index (χ2v) is 6.04. The highest BCUT2D eigenvalue weighted by molar-refractivity contribution is 5.95. The summed E-state index contributed by atoms with van der Waals surface area (Å²) in [6, 6.07) is 2.39. The SMILES string of the molecule is Cc1c(C(=O)NC2CCOCC2)noc1-c1ccc(C(F)(F)F)c(F)c1. The number of halogens is 4. The predicted molar refractivity (Wildman–Crippen MR) is 82.9 cm³/mol. The third kappa shape index (κ3) is 3.72. The fourth-order valence-corrected chi connectivity index (χ4v) is 2.80. The number of nitrogens with zero attached hydrogens (tertiary/aromatic N) is 1. The minimum Gasteiger partial charge on any atom is -0.381 e. The standard InChI is InChI=1S/C17H16F4N2O3/c1-9-14(16(24)22-11-4-6-25-7-5-11)23-26-15(9)10-2-3-12(13(18)8-10)17(19,20)21/h2-3,8,11H,4-7H2,1H3,(H,22,24). The third-order valence-electron chi connectivity index (χ3n) is 4.23. The van der Waals surface area contributed by atoms with Gasteiger partial charge in [-0.25, -0.2) is 4.39 Å². The quantitative estimate of drug-likeness (QED) is 0.835. The van der Waals surface area contributed by atoms with Crippen LogP contribution in [-0.2, 0) is 10.9 Å². The van der Waals surface area contributed by atoms with Crippen molar-refractivity contribution in [2.75, 3.05) is 13.2 Å². The van der Waals surface area contributed by atoms with E-state index in [1.165, 1.54) is 0 Å². The monoisotopic (exact) mass is 372 g/mol. The summed E-state index contributed by atoms with van der Waals surface area (Å²) in [4.78, 5) is 12.3. The molecule has 1 aliphatic heterocycles. The number of hydrogen-bond donors (Lipinski definition) is 1. The van der Waals surface area contributed by atoms with Gasteiger partial charge in [-0.3, -0.25) is 4.79 Å². The lowest BCUT2D eigenvalue weighted by molar-refractivity contribution is -0.139. The van der Waals surface area contributed by atoms with Gasteiger partial charge in [-0.05, 0) is 31.9 Å². The summed E-state index contributed by atoms with van der Waals surface area (Å²) >= 11 is 0. The Labute approximate surface area is 146 Å². The molecule has 1 aromatic heterocycles. The van der Waals surface area contributed by atoms with E-state index < -0.39 is 23.5 Å². The molecule has 2 aromatic rings. The van der Waals surface area contributed by atoms with Gasteiger partial charge in [0.05, 0.1) is 5.56 Å². The first-order valence-electron chi connectivity index (χ1n) is 7.99. The molecule has 0 radical (unpaired) electrons. The first kappa shape index (κ1) is 18.4. The van der Waals surface area contributed by atoms with Crippen LogP contribution in [0.5, 0.6) is 0 Å². The van der Waals surface area contributed by atoms with Crippen LogP contribution in [0, 0.1) is 12.7 Å². The van der Waals surface area contributed by atoms with Gasteiger partial charge < -0.3 is 14.6 Å². The van der Waals surface area contributed by atoms with Gasteiger partial charge in [0.1, 0.15) is 5.82 Å². The van der Waals surface area contributed by atoms with Gasteiger partial charge in [0, 0.05) is 30.4 Å². The highest BCUT2D eigenvalue weighted by atomic mass is 19.4. The van der Waals surface area contributed by atoms with Crippen LogP contribution in [0.3, 0.4) is 0 Å². The minimum atomic E-state index is -4.78. The Balaban J connectivity index is 1.82. The van der Waals surface area contributed by atoms with Crippen LogP contribution in [0.1, 0.15) is 34.5 Å². The Morgan fingerprint density at radius 2 is 1.96 bits per heavy atom. The van der Waals surface area contributed by atoms with Crippen molar-refractivity contribution in [3.05, 3.63) is 40.8 Å². The van der Waals surface area contributed by atoms with Gasteiger partial charge in [0.2, 0.25) is 0 Å². The lowest BCUT2D eigenvalue weighted by Crippen LogP contribution is -2.39. The molecule has 26 heavy (non-hydrogen) atoms. The number of rotatable bonds is 3. The highest BCUT2D eigenvalue weighted by Gasteiger charge is 2.34. The maximum Gasteiger partial charge on any atom is 0.419 e. The molecule has 0 spiro atoms. The third-order valence-corrected chi connectivity index (χ3v) is 4.23. The number of carbonyl (C=O) groups excluding carboxylic acids is 1.